The number of halogens is 2. The minimum atomic E-state index is -0.303. The third-order valence-corrected chi connectivity index (χ3v) is 4.48. The molecule has 4 heteroatoms. The van der Waals surface area contributed by atoms with Gasteiger partial charge in [0.25, 0.3) is 0 Å². The minimum Gasteiger partial charge on any atom is -0.292 e. The first-order chi connectivity index (χ1) is 12.4. The van der Waals surface area contributed by atoms with Crippen LogP contribution in [0.2, 0.25) is 0 Å². The molecule has 1 aliphatic heterocycles. The summed E-state index contributed by atoms with van der Waals surface area (Å²) in [6.07, 6.45) is 3.63. The number of carbonyl (C=O) groups is 1. The maximum absolute atomic E-state index is 13.1. The molecule has 0 unspecified atom stereocenters. The van der Waals surface area contributed by atoms with Crippen molar-refractivity contribution in [2.24, 2.45) is 0 Å². The van der Waals surface area contributed by atoms with Gasteiger partial charge in [0.1, 0.15) is 11.6 Å². The van der Waals surface area contributed by atoms with Gasteiger partial charge in [0.2, 0.25) is 0 Å². The van der Waals surface area contributed by atoms with Crippen molar-refractivity contribution in [3.63, 3.8) is 0 Å². The zero-order valence-electron chi connectivity index (χ0n) is 14.9. The van der Waals surface area contributed by atoms with Crippen molar-refractivity contribution in [2.75, 3.05) is 13.1 Å². The predicted octanol–water partition coefficient (Wildman–Crippen LogP) is 4.72. The lowest BCUT2D eigenvalue weighted by atomic mass is 9.93. The molecule has 2 aromatic rings. The molecule has 0 saturated carbocycles. The van der Waals surface area contributed by atoms with E-state index < -0.39 is 0 Å². The van der Waals surface area contributed by atoms with Crippen LogP contribution in [0.4, 0.5) is 8.78 Å². The number of likely N-dealkylation sites (tertiary alicyclic amines) is 1. The molecule has 26 heavy (non-hydrogen) atoms. The monoisotopic (exact) mass is 353 g/mol. The first kappa shape index (κ1) is 18.2. The van der Waals surface area contributed by atoms with Gasteiger partial charge < -0.3 is 0 Å². The molecule has 0 aliphatic carbocycles. The van der Waals surface area contributed by atoms with Crippen LogP contribution < -0.4 is 0 Å². The van der Waals surface area contributed by atoms with E-state index in [1.807, 2.05) is 12.2 Å². The maximum Gasteiger partial charge on any atom is 0.187 e. The van der Waals surface area contributed by atoms with Gasteiger partial charge in [0.05, 0.1) is 0 Å². The number of carbonyl (C=O) groups excluding carboxylic acids is 1. The van der Waals surface area contributed by atoms with Crippen molar-refractivity contribution >= 4 is 17.9 Å². The Morgan fingerprint density at radius 1 is 0.808 bits per heavy atom. The lowest BCUT2D eigenvalue weighted by molar-refractivity contribution is -0.113. The van der Waals surface area contributed by atoms with Crippen LogP contribution in [-0.4, -0.2) is 29.8 Å². The zero-order valence-corrected chi connectivity index (χ0v) is 14.9. The quantitative estimate of drug-likeness (QED) is 0.744. The summed E-state index contributed by atoms with van der Waals surface area (Å²) in [6, 6.07) is 12.5. The van der Waals surface area contributed by atoms with Crippen LogP contribution in [0.1, 0.15) is 25.0 Å². The van der Waals surface area contributed by atoms with Gasteiger partial charge in [-0.15, -0.1) is 0 Å². The molecule has 1 aliphatic rings. The molecule has 2 aromatic carbocycles. The highest BCUT2D eigenvalue weighted by Gasteiger charge is 2.27. The van der Waals surface area contributed by atoms with Crippen molar-refractivity contribution < 1.29 is 13.6 Å². The topological polar surface area (TPSA) is 20.3 Å². The molecule has 0 atom stereocenters. The van der Waals surface area contributed by atoms with Crippen molar-refractivity contribution in [2.45, 2.75) is 19.9 Å². The van der Waals surface area contributed by atoms with E-state index >= 15 is 0 Å². The Balaban J connectivity index is 1.95. The van der Waals surface area contributed by atoms with E-state index in [2.05, 4.69) is 18.7 Å². The molecular formula is C22H21F2NO. The fraction of sp³-hybridized carbons (Fsp3) is 0.227. The number of ketones is 1. The minimum absolute atomic E-state index is 0.0180. The zero-order chi connectivity index (χ0) is 18.7. The fourth-order valence-electron chi connectivity index (χ4n) is 2.95. The highest BCUT2D eigenvalue weighted by atomic mass is 19.1. The second kappa shape index (κ2) is 7.75. The van der Waals surface area contributed by atoms with Gasteiger partial charge in [0, 0.05) is 30.3 Å². The number of rotatable bonds is 3. The third kappa shape index (κ3) is 4.33. The normalized spacial score (nSPS) is 18.9. The average Bonchev–Trinajstić information content (AvgIpc) is 2.62. The smallest absolute Gasteiger partial charge is 0.187 e. The summed E-state index contributed by atoms with van der Waals surface area (Å²) in [5.41, 5.74) is 2.93. The van der Waals surface area contributed by atoms with Crippen LogP contribution in [-0.2, 0) is 4.79 Å². The van der Waals surface area contributed by atoms with Crippen LogP contribution in [0.15, 0.2) is 59.7 Å². The average molecular weight is 353 g/mol. The summed E-state index contributed by atoms with van der Waals surface area (Å²) < 4.78 is 26.2. The predicted molar refractivity (Wildman–Crippen MR) is 100 cm³/mol. The highest BCUT2D eigenvalue weighted by Crippen LogP contribution is 2.23. The number of hydrogen-bond donors (Lipinski definition) is 0. The van der Waals surface area contributed by atoms with Gasteiger partial charge in [-0.2, -0.15) is 0 Å². The summed E-state index contributed by atoms with van der Waals surface area (Å²) in [4.78, 5) is 15.1. The fourth-order valence-corrected chi connectivity index (χ4v) is 2.95. The van der Waals surface area contributed by atoms with Crippen molar-refractivity contribution in [3.05, 3.63) is 82.4 Å². The van der Waals surface area contributed by atoms with E-state index in [0.717, 1.165) is 11.1 Å². The van der Waals surface area contributed by atoms with Crippen molar-refractivity contribution in [1.82, 2.24) is 4.90 Å². The lowest BCUT2D eigenvalue weighted by Crippen LogP contribution is -2.41. The number of nitrogens with zero attached hydrogens (tertiary/aromatic N) is 1. The second-order valence-corrected chi connectivity index (χ2v) is 6.77. The van der Waals surface area contributed by atoms with Gasteiger partial charge in [-0.25, -0.2) is 8.78 Å². The Morgan fingerprint density at radius 2 is 1.19 bits per heavy atom. The third-order valence-electron chi connectivity index (χ3n) is 4.48. The first-order valence-electron chi connectivity index (χ1n) is 8.63. The van der Waals surface area contributed by atoms with E-state index in [4.69, 9.17) is 0 Å². The number of hydrogen-bond acceptors (Lipinski definition) is 2. The van der Waals surface area contributed by atoms with Gasteiger partial charge in [0.15, 0.2) is 5.78 Å². The van der Waals surface area contributed by atoms with Gasteiger partial charge >= 0.3 is 0 Å². The first-order valence-corrected chi connectivity index (χ1v) is 8.63. The van der Waals surface area contributed by atoms with E-state index in [0.29, 0.717) is 24.2 Å². The highest BCUT2D eigenvalue weighted by molar-refractivity contribution is 6.14. The molecule has 1 fully saturated rings. The summed E-state index contributed by atoms with van der Waals surface area (Å²) in [5, 5.41) is 0. The molecule has 0 spiro atoms. The Kier molecular flexibility index (Phi) is 5.43. The molecule has 2 nitrogen and oxygen atoms in total. The van der Waals surface area contributed by atoms with E-state index in [-0.39, 0.29) is 23.5 Å². The molecule has 134 valence electrons. The Bertz CT molecular complexity index is 781. The number of benzene rings is 2. The molecule has 0 aromatic heterocycles. The van der Waals surface area contributed by atoms with Crippen LogP contribution in [0, 0.1) is 11.6 Å². The van der Waals surface area contributed by atoms with Gasteiger partial charge in [-0.3, -0.25) is 9.69 Å². The Labute approximate surface area is 152 Å². The van der Waals surface area contributed by atoms with Gasteiger partial charge in [-0.1, -0.05) is 24.3 Å². The van der Waals surface area contributed by atoms with E-state index in [9.17, 15) is 13.6 Å². The Morgan fingerprint density at radius 3 is 1.54 bits per heavy atom. The summed E-state index contributed by atoms with van der Waals surface area (Å²) in [5.74, 6) is -0.624. The molecule has 0 N–H and O–H groups in total. The standard InChI is InChI=1S/C22H21F2NO/c1-15(2)25-13-18(11-16-3-7-20(23)8-4-16)22(26)19(14-25)12-17-5-9-21(24)10-6-17/h3-12,15H,13-14H2,1-2H3/b18-11-,19-12-. The molecule has 3 rings (SSSR count). The van der Waals surface area contributed by atoms with E-state index in [1.165, 1.54) is 24.3 Å². The molecule has 1 heterocycles. The largest absolute Gasteiger partial charge is 0.292 e. The second-order valence-electron chi connectivity index (χ2n) is 6.77. The van der Waals surface area contributed by atoms with Crippen LogP contribution in [0.3, 0.4) is 0 Å². The van der Waals surface area contributed by atoms with Gasteiger partial charge in [-0.05, 0) is 61.4 Å². The maximum atomic E-state index is 13.1. The SMILES string of the molecule is CC(C)N1C/C(=C/c2ccc(F)cc2)C(=O)/C(=C\c2ccc(F)cc2)C1. The van der Waals surface area contributed by atoms with Crippen LogP contribution >= 0.6 is 0 Å². The molecule has 0 radical (unpaired) electrons. The molecule has 0 bridgehead atoms. The summed E-state index contributed by atoms with van der Waals surface area (Å²) >= 11 is 0. The molecular weight excluding hydrogens is 332 g/mol. The Hall–Kier alpha value is -2.59. The summed E-state index contributed by atoms with van der Waals surface area (Å²) in [7, 11) is 0. The van der Waals surface area contributed by atoms with Crippen molar-refractivity contribution in [1.29, 1.82) is 0 Å². The molecule has 0 amide bonds. The number of piperidine rings is 1. The number of Topliss-reactive ketones (excluding diaryl/α,β-unsaturated/α-hetero) is 1. The summed E-state index contributed by atoms with van der Waals surface area (Å²) in [6.45, 7) is 5.27. The molecule has 1 saturated heterocycles. The lowest BCUT2D eigenvalue weighted by Gasteiger charge is -2.32. The van der Waals surface area contributed by atoms with E-state index in [1.54, 1.807) is 24.3 Å². The van der Waals surface area contributed by atoms with Crippen LogP contribution in [0.25, 0.3) is 12.2 Å². The van der Waals surface area contributed by atoms with Crippen molar-refractivity contribution in [3.8, 4) is 0 Å². The van der Waals surface area contributed by atoms with Crippen LogP contribution in [0.5, 0.6) is 0 Å².